The van der Waals surface area contributed by atoms with Crippen molar-refractivity contribution in [1.29, 1.82) is 0 Å². The molecule has 0 heterocycles. The molecule has 3 aromatic rings. The van der Waals surface area contributed by atoms with Crippen molar-refractivity contribution in [2.75, 3.05) is 7.11 Å². The molecule has 0 amide bonds. The van der Waals surface area contributed by atoms with E-state index in [1.165, 1.54) is 5.39 Å². The molecule has 0 radical (unpaired) electrons. The third-order valence-electron chi connectivity index (χ3n) is 2.98. The van der Waals surface area contributed by atoms with Gasteiger partial charge in [-0.25, -0.2) is 0 Å². The summed E-state index contributed by atoms with van der Waals surface area (Å²) in [5.41, 5.74) is 0. The van der Waals surface area contributed by atoms with Gasteiger partial charge >= 0.3 is 0 Å². The van der Waals surface area contributed by atoms with Crippen molar-refractivity contribution >= 4 is 33.1 Å². The number of ether oxygens (including phenoxy) is 1. The second kappa shape index (κ2) is 3.94. The quantitative estimate of drug-likeness (QED) is 0.564. The Kier molecular flexibility index (Phi) is 2.41. The molecule has 84 valence electrons. The molecule has 0 atom stereocenters. The monoisotopic (exact) mass is 242 g/mol. The predicted octanol–water partition coefficient (Wildman–Crippen LogP) is 4.66. The van der Waals surface area contributed by atoms with Crippen LogP contribution in [0.3, 0.4) is 0 Å². The summed E-state index contributed by atoms with van der Waals surface area (Å²) in [7, 11) is 1.70. The molecule has 0 N–H and O–H groups in total. The van der Waals surface area contributed by atoms with Crippen LogP contribution in [0.5, 0.6) is 5.75 Å². The van der Waals surface area contributed by atoms with E-state index in [0.29, 0.717) is 0 Å². The van der Waals surface area contributed by atoms with Crippen molar-refractivity contribution in [2.45, 2.75) is 0 Å². The van der Waals surface area contributed by atoms with Crippen molar-refractivity contribution in [2.24, 2.45) is 0 Å². The molecule has 0 aliphatic heterocycles. The lowest BCUT2D eigenvalue weighted by atomic mass is 10.0. The van der Waals surface area contributed by atoms with Gasteiger partial charge in [-0.15, -0.1) is 0 Å². The van der Waals surface area contributed by atoms with Crippen molar-refractivity contribution in [3.63, 3.8) is 0 Å². The Balaban J connectivity index is 2.54. The lowest BCUT2D eigenvalue weighted by molar-refractivity contribution is 0.424. The number of hydrogen-bond donors (Lipinski definition) is 0. The fourth-order valence-corrected chi connectivity index (χ4v) is 2.39. The molecule has 0 saturated carbocycles. The van der Waals surface area contributed by atoms with Crippen LogP contribution >= 0.6 is 11.6 Å². The summed E-state index contributed by atoms with van der Waals surface area (Å²) in [5, 5.41) is 5.22. The Morgan fingerprint density at radius 2 is 1.65 bits per heavy atom. The molecule has 0 spiro atoms. The van der Waals surface area contributed by atoms with Gasteiger partial charge in [0.15, 0.2) is 0 Å². The minimum atomic E-state index is 0.728. The lowest BCUT2D eigenvalue weighted by Gasteiger charge is -2.10. The zero-order valence-electron chi connectivity index (χ0n) is 9.41. The summed E-state index contributed by atoms with van der Waals surface area (Å²) < 4.78 is 5.54. The maximum atomic E-state index is 6.04. The first-order valence-electron chi connectivity index (χ1n) is 5.44. The maximum Gasteiger partial charge on any atom is 0.134 e. The first-order valence-corrected chi connectivity index (χ1v) is 5.82. The average Bonchev–Trinajstić information content (AvgIpc) is 2.36. The molecule has 0 aromatic heterocycles. The molecule has 3 aromatic carbocycles. The van der Waals surface area contributed by atoms with Gasteiger partial charge in [0.05, 0.1) is 7.11 Å². The Labute approximate surface area is 105 Å². The Morgan fingerprint density at radius 1 is 0.882 bits per heavy atom. The standard InChI is InChI=1S/C15H11ClO/c1-17-15-13-5-3-2-4-10(13)8-11-6-7-12(16)9-14(11)15/h2-9H,1H3. The largest absolute Gasteiger partial charge is 0.495 e. The Morgan fingerprint density at radius 3 is 2.47 bits per heavy atom. The number of fused-ring (bicyclic) bond motifs is 2. The molecule has 0 fully saturated rings. The summed E-state index contributed by atoms with van der Waals surface area (Å²) in [6, 6.07) is 16.2. The van der Waals surface area contributed by atoms with E-state index in [1.54, 1.807) is 7.11 Å². The third-order valence-corrected chi connectivity index (χ3v) is 3.22. The van der Waals surface area contributed by atoms with Gasteiger partial charge in [-0.05, 0) is 29.0 Å². The van der Waals surface area contributed by atoms with Gasteiger partial charge in [-0.2, -0.15) is 0 Å². The number of methoxy groups -OCH3 is 1. The van der Waals surface area contributed by atoms with E-state index in [-0.39, 0.29) is 0 Å². The number of benzene rings is 3. The number of hydrogen-bond acceptors (Lipinski definition) is 1. The summed E-state index contributed by atoms with van der Waals surface area (Å²) >= 11 is 6.04. The van der Waals surface area contributed by atoms with Crippen LogP contribution in [0.15, 0.2) is 48.5 Å². The molecular weight excluding hydrogens is 232 g/mol. The highest BCUT2D eigenvalue weighted by atomic mass is 35.5. The highest BCUT2D eigenvalue weighted by Crippen LogP contribution is 2.35. The van der Waals surface area contributed by atoms with Gasteiger partial charge in [0.1, 0.15) is 5.75 Å². The molecular formula is C15H11ClO. The zero-order chi connectivity index (χ0) is 11.8. The van der Waals surface area contributed by atoms with Crippen LogP contribution in [0.25, 0.3) is 21.5 Å². The maximum absolute atomic E-state index is 6.04. The second-order valence-corrected chi connectivity index (χ2v) is 4.43. The molecule has 2 heteroatoms. The fraction of sp³-hybridized carbons (Fsp3) is 0.0667. The molecule has 0 saturated heterocycles. The SMILES string of the molecule is COc1c2ccccc2cc2ccc(Cl)cc12. The minimum absolute atomic E-state index is 0.728. The third kappa shape index (κ3) is 1.63. The molecule has 0 bridgehead atoms. The first-order chi connectivity index (χ1) is 8.29. The van der Waals surface area contributed by atoms with Crippen molar-refractivity contribution in [3.8, 4) is 5.75 Å². The van der Waals surface area contributed by atoms with E-state index >= 15 is 0 Å². The average molecular weight is 243 g/mol. The van der Waals surface area contributed by atoms with Gasteiger partial charge < -0.3 is 4.74 Å². The summed E-state index contributed by atoms with van der Waals surface area (Å²) in [6.07, 6.45) is 0. The topological polar surface area (TPSA) is 9.23 Å². The van der Waals surface area contributed by atoms with Crippen LogP contribution in [-0.4, -0.2) is 7.11 Å². The van der Waals surface area contributed by atoms with E-state index in [2.05, 4.69) is 18.2 Å². The van der Waals surface area contributed by atoms with E-state index in [9.17, 15) is 0 Å². The predicted molar refractivity (Wildman–Crippen MR) is 73.0 cm³/mol. The van der Waals surface area contributed by atoms with E-state index < -0.39 is 0 Å². The van der Waals surface area contributed by atoms with Crippen LogP contribution in [0.2, 0.25) is 5.02 Å². The van der Waals surface area contributed by atoms with Gasteiger partial charge in [0, 0.05) is 15.8 Å². The summed E-state index contributed by atoms with van der Waals surface area (Å²) in [4.78, 5) is 0. The molecule has 0 unspecified atom stereocenters. The van der Waals surface area contributed by atoms with Crippen molar-refractivity contribution in [1.82, 2.24) is 0 Å². The highest BCUT2D eigenvalue weighted by molar-refractivity contribution is 6.31. The number of rotatable bonds is 1. The molecule has 1 nitrogen and oxygen atoms in total. The van der Waals surface area contributed by atoms with Crippen LogP contribution in [-0.2, 0) is 0 Å². The molecule has 0 aliphatic carbocycles. The van der Waals surface area contributed by atoms with E-state index in [4.69, 9.17) is 16.3 Å². The minimum Gasteiger partial charge on any atom is -0.495 e. The number of halogens is 1. The van der Waals surface area contributed by atoms with Crippen molar-refractivity contribution < 1.29 is 4.74 Å². The van der Waals surface area contributed by atoms with Gasteiger partial charge in [0.2, 0.25) is 0 Å². The van der Waals surface area contributed by atoms with Crippen LogP contribution < -0.4 is 4.74 Å². The molecule has 3 rings (SSSR count). The van der Waals surface area contributed by atoms with Gasteiger partial charge in [0.25, 0.3) is 0 Å². The van der Waals surface area contributed by atoms with Gasteiger partial charge in [-0.3, -0.25) is 0 Å². The second-order valence-electron chi connectivity index (χ2n) is 4.00. The zero-order valence-corrected chi connectivity index (χ0v) is 10.2. The molecule has 17 heavy (non-hydrogen) atoms. The van der Waals surface area contributed by atoms with E-state index in [0.717, 1.165) is 26.9 Å². The summed E-state index contributed by atoms with van der Waals surface area (Å²) in [5.74, 6) is 0.889. The Bertz CT molecular complexity index is 704. The Hall–Kier alpha value is -1.73. The first kappa shape index (κ1) is 10.4. The lowest BCUT2D eigenvalue weighted by Crippen LogP contribution is -1.87. The van der Waals surface area contributed by atoms with Crippen molar-refractivity contribution in [3.05, 3.63) is 53.6 Å². The van der Waals surface area contributed by atoms with Crippen LogP contribution in [0, 0.1) is 0 Å². The highest BCUT2D eigenvalue weighted by Gasteiger charge is 2.07. The fourth-order valence-electron chi connectivity index (χ4n) is 2.21. The normalized spacial score (nSPS) is 10.9. The smallest absolute Gasteiger partial charge is 0.134 e. The summed E-state index contributed by atoms with van der Waals surface area (Å²) in [6.45, 7) is 0. The van der Waals surface area contributed by atoms with Crippen LogP contribution in [0.4, 0.5) is 0 Å². The van der Waals surface area contributed by atoms with Gasteiger partial charge in [-0.1, -0.05) is 41.9 Å². The molecule has 0 aliphatic rings. The van der Waals surface area contributed by atoms with E-state index in [1.807, 2.05) is 30.3 Å². The van der Waals surface area contributed by atoms with Crippen LogP contribution in [0.1, 0.15) is 0 Å².